The van der Waals surface area contributed by atoms with E-state index in [0.29, 0.717) is 5.02 Å². The van der Waals surface area contributed by atoms with Crippen LogP contribution in [0, 0.1) is 11.8 Å². The molecule has 3 N–H and O–H groups in total. The number of carbonyl (C=O) groups excluding carboxylic acids is 2. The minimum absolute atomic E-state index is 0.179. The predicted octanol–water partition coefficient (Wildman–Crippen LogP) is 2.35. The van der Waals surface area contributed by atoms with E-state index in [1.807, 2.05) is 0 Å². The quantitative estimate of drug-likeness (QED) is 0.637. The molecule has 0 unspecified atom stereocenters. The Kier molecular flexibility index (Phi) is 4.71. The van der Waals surface area contributed by atoms with Crippen molar-refractivity contribution in [3.63, 3.8) is 0 Å². The molecule has 0 aliphatic carbocycles. The van der Waals surface area contributed by atoms with Crippen LogP contribution in [0.1, 0.15) is 18.5 Å². The number of hydrogen-bond acceptors (Lipinski definition) is 6. The SMILES string of the molecule is COc1cccc([C@@H]2N[C@](C)(C(=O)O)[C@H]3C(=O)N(c4cccc(Cl)c4)C(=O)[C@H]23)c1O. The van der Waals surface area contributed by atoms with E-state index >= 15 is 0 Å². The summed E-state index contributed by atoms with van der Waals surface area (Å²) in [5.41, 5.74) is -1.16. The Morgan fingerprint density at radius 2 is 1.90 bits per heavy atom. The lowest BCUT2D eigenvalue weighted by atomic mass is 9.80. The molecule has 9 heteroatoms. The van der Waals surface area contributed by atoms with Crippen molar-refractivity contribution in [3.05, 3.63) is 53.1 Å². The zero-order chi connectivity index (χ0) is 21.8. The monoisotopic (exact) mass is 430 g/mol. The van der Waals surface area contributed by atoms with Crippen LogP contribution in [0.5, 0.6) is 11.5 Å². The Morgan fingerprint density at radius 3 is 2.53 bits per heavy atom. The zero-order valence-electron chi connectivity index (χ0n) is 16.1. The van der Waals surface area contributed by atoms with Gasteiger partial charge in [0.2, 0.25) is 11.8 Å². The number of nitrogens with one attached hydrogen (secondary N) is 1. The van der Waals surface area contributed by atoms with E-state index in [2.05, 4.69) is 5.32 Å². The standard InChI is InChI=1S/C21H19ClN2O6/c1-21(20(28)29)15-14(16(23-21)12-7-4-8-13(30-2)17(12)25)18(26)24(19(15)27)11-6-3-5-10(22)9-11/h3-9,14-16,23,25H,1-2H3,(H,28,29)/t14-,15+,16-,21-/m0/s1. The van der Waals surface area contributed by atoms with Crippen LogP contribution >= 0.6 is 11.6 Å². The van der Waals surface area contributed by atoms with Gasteiger partial charge in [-0.3, -0.25) is 19.7 Å². The highest BCUT2D eigenvalue weighted by molar-refractivity contribution is 6.31. The van der Waals surface area contributed by atoms with Gasteiger partial charge in [-0.2, -0.15) is 0 Å². The number of imide groups is 1. The molecule has 2 saturated heterocycles. The number of phenols is 1. The Morgan fingerprint density at radius 1 is 1.20 bits per heavy atom. The van der Waals surface area contributed by atoms with Crippen LogP contribution in [0.25, 0.3) is 0 Å². The molecule has 4 atom stereocenters. The summed E-state index contributed by atoms with van der Waals surface area (Å²) >= 11 is 6.02. The van der Waals surface area contributed by atoms with Gasteiger partial charge in [-0.25, -0.2) is 4.90 Å². The molecule has 0 aromatic heterocycles. The molecule has 0 saturated carbocycles. The topological polar surface area (TPSA) is 116 Å². The molecule has 2 aromatic rings. The van der Waals surface area contributed by atoms with Gasteiger partial charge in [0, 0.05) is 16.6 Å². The summed E-state index contributed by atoms with van der Waals surface area (Å²) < 4.78 is 5.14. The molecular formula is C21H19ClN2O6. The molecule has 156 valence electrons. The molecule has 2 aliphatic heterocycles. The lowest BCUT2D eigenvalue weighted by molar-refractivity contribution is -0.147. The second-order valence-electron chi connectivity index (χ2n) is 7.52. The van der Waals surface area contributed by atoms with Gasteiger partial charge in [-0.1, -0.05) is 29.8 Å². The predicted molar refractivity (Wildman–Crippen MR) is 108 cm³/mol. The van der Waals surface area contributed by atoms with Crippen LogP contribution in [-0.4, -0.2) is 40.6 Å². The first-order valence-electron chi connectivity index (χ1n) is 9.21. The zero-order valence-corrected chi connectivity index (χ0v) is 16.9. The van der Waals surface area contributed by atoms with Crippen LogP contribution in [-0.2, 0) is 14.4 Å². The number of nitrogens with zero attached hydrogens (tertiary/aromatic N) is 1. The van der Waals surface area contributed by atoms with Crippen LogP contribution in [0.4, 0.5) is 5.69 Å². The van der Waals surface area contributed by atoms with Crippen molar-refractivity contribution in [2.45, 2.75) is 18.5 Å². The van der Waals surface area contributed by atoms with E-state index in [-0.39, 0.29) is 22.7 Å². The fraction of sp³-hybridized carbons (Fsp3) is 0.286. The van der Waals surface area contributed by atoms with Crippen molar-refractivity contribution in [1.29, 1.82) is 0 Å². The number of carboxylic acid groups (broad SMARTS) is 1. The first kappa shape index (κ1) is 20.2. The largest absolute Gasteiger partial charge is 0.504 e. The molecule has 2 fully saturated rings. The number of fused-ring (bicyclic) bond motifs is 1. The van der Waals surface area contributed by atoms with Crippen LogP contribution < -0.4 is 15.0 Å². The summed E-state index contributed by atoms with van der Waals surface area (Å²) in [4.78, 5) is 39.8. The smallest absolute Gasteiger partial charge is 0.324 e. The molecule has 8 nitrogen and oxygen atoms in total. The van der Waals surface area contributed by atoms with Gasteiger partial charge in [-0.05, 0) is 31.2 Å². The number of benzene rings is 2. The van der Waals surface area contributed by atoms with Crippen molar-refractivity contribution in [1.82, 2.24) is 5.32 Å². The molecule has 0 spiro atoms. The maximum atomic E-state index is 13.4. The maximum absolute atomic E-state index is 13.4. The number of methoxy groups -OCH3 is 1. The molecule has 0 bridgehead atoms. The number of aliphatic carboxylic acids is 1. The number of carbonyl (C=O) groups is 3. The van der Waals surface area contributed by atoms with Crippen molar-refractivity contribution in [2.24, 2.45) is 11.8 Å². The summed E-state index contributed by atoms with van der Waals surface area (Å²) in [5.74, 6) is -4.69. The minimum atomic E-state index is -1.72. The molecule has 30 heavy (non-hydrogen) atoms. The third-order valence-corrected chi connectivity index (χ3v) is 6.12. The Bertz CT molecular complexity index is 1070. The van der Waals surface area contributed by atoms with Crippen molar-refractivity contribution in [2.75, 3.05) is 12.0 Å². The van der Waals surface area contributed by atoms with Gasteiger partial charge in [-0.15, -0.1) is 0 Å². The lowest BCUT2D eigenvalue weighted by Crippen LogP contribution is -2.53. The highest BCUT2D eigenvalue weighted by Crippen LogP contribution is 2.52. The molecule has 0 radical (unpaired) electrons. The van der Waals surface area contributed by atoms with Gasteiger partial charge in [0.1, 0.15) is 5.54 Å². The first-order valence-corrected chi connectivity index (χ1v) is 9.59. The first-order chi connectivity index (χ1) is 14.2. The summed E-state index contributed by atoms with van der Waals surface area (Å²) in [7, 11) is 1.39. The van der Waals surface area contributed by atoms with E-state index in [0.717, 1.165) is 4.90 Å². The second kappa shape index (κ2) is 7.00. The van der Waals surface area contributed by atoms with Crippen LogP contribution in [0.2, 0.25) is 5.02 Å². The lowest BCUT2D eigenvalue weighted by Gasteiger charge is -2.27. The molecule has 4 rings (SSSR count). The summed E-state index contributed by atoms with van der Waals surface area (Å²) in [6.45, 7) is 1.37. The number of rotatable bonds is 4. The number of ether oxygens (including phenoxy) is 1. The van der Waals surface area contributed by atoms with E-state index in [1.165, 1.54) is 20.1 Å². The van der Waals surface area contributed by atoms with Gasteiger partial charge in [0.05, 0.1) is 24.6 Å². The number of carboxylic acids is 1. The van der Waals surface area contributed by atoms with E-state index in [9.17, 15) is 24.6 Å². The average Bonchev–Trinajstić information content (AvgIpc) is 3.16. The summed E-state index contributed by atoms with van der Waals surface area (Å²) in [6.07, 6.45) is 0. The summed E-state index contributed by atoms with van der Waals surface area (Å²) in [5, 5.41) is 23.8. The second-order valence-corrected chi connectivity index (χ2v) is 7.96. The van der Waals surface area contributed by atoms with E-state index in [1.54, 1.807) is 36.4 Å². The number of amides is 2. The Balaban J connectivity index is 1.86. The molecule has 2 heterocycles. The van der Waals surface area contributed by atoms with Gasteiger partial charge < -0.3 is 14.9 Å². The summed E-state index contributed by atoms with van der Waals surface area (Å²) in [6, 6.07) is 10.1. The highest BCUT2D eigenvalue weighted by atomic mass is 35.5. The minimum Gasteiger partial charge on any atom is -0.504 e. The van der Waals surface area contributed by atoms with Crippen molar-refractivity contribution in [3.8, 4) is 11.5 Å². The maximum Gasteiger partial charge on any atom is 0.324 e. The Hall–Kier alpha value is -3.10. The van der Waals surface area contributed by atoms with Crippen molar-refractivity contribution < 1.29 is 29.3 Å². The normalized spacial score (nSPS) is 28.0. The fourth-order valence-electron chi connectivity index (χ4n) is 4.43. The van der Waals surface area contributed by atoms with Gasteiger partial charge >= 0.3 is 5.97 Å². The van der Waals surface area contributed by atoms with Gasteiger partial charge in [0.15, 0.2) is 11.5 Å². The highest BCUT2D eigenvalue weighted by Gasteiger charge is 2.67. The number of para-hydroxylation sites is 1. The van der Waals surface area contributed by atoms with E-state index in [4.69, 9.17) is 16.3 Å². The fourth-order valence-corrected chi connectivity index (χ4v) is 4.61. The number of hydrogen-bond donors (Lipinski definition) is 3. The molecule has 2 aromatic carbocycles. The number of aromatic hydroxyl groups is 1. The molecular weight excluding hydrogens is 412 g/mol. The third kappa shape index (κ3) is 2.75. The number of anilines is 1. The number of halogens is 1. The van der Waals surface area contributed by atoms with Crippen molar-refractivity contribution >= 4 is 35.1 Å². The van der Waals surface area contributed by atoms with E-state index < -0.39 is 41.2 Å². The third-order valence-electron chi connectivity index (χ3n) is 5.88. The molecule has 2 aliphatic rings. The van der Waals surface area contributed by atoms with Gasteiger partial charge in [0.25, 0.3) is 0 Å². The molecule has 2 amide bonds. The van der Waals surface area contributed by atoms with Crippen LogP contribution in [0.3, 0.4) is 0 Å². The Labute approximate surface area is 177 Å². The average molecular weight is 431 g/mol. The van der Waals surface area contributed by atoms with Crippen LogP contribution in [0.15, 0.2) is 42.5 Å². The number of phenolic OH excluding ortho intramolecular Hbond substituents is 1.